The predicted molar refractivity (Wildman–Crippen MR) is 120 cm³/mol. The number of benzene rings is 1. The smallest absolute Gasteiger partial charge is 0.277 e. The molecule has 0 amide bonds. The summed E-state index contributed by atoms with van der Waals surface area (Å²) in [6, 6.07) is 6.24. The van der Waals surface area contributed by atoms with Gasteiger partial charge in [-0.1, -0.05) is 43.4 Å². The van der Waals surface area contributed by atoms with E-state index in [4.69, 9.17) is 0 Å². The first-order valence-electron chi connectivity index (χ1n) is 9.92. The Labute approximate surface area is 172 Å². The second kappa shape index (κ2) is 6.95. The van der Waals surface area contributed by atoms with Gasteiger partial charge in [0.05, 0.1) is 10.0 Å². The molecule has 0 saturated carbocycles. The van der Waals surface area contributed by atoms with Crippen LogP contribution in [-0.2, 0) is 6.54 Å². The first kappa shape index (κ1) is 19.6. The molecule has 0 fully saturated rings. The summed E-state index contributed by atoms with van der Waals surface area (Å²) in [6.45, 7) is 12.9. The molecule has 0 N–H and O–H groups in total. The van der Waals surface area contributed by atoms with E-state index in [0.717, 1.165) is 23.2 Å². The molecule has 3 heterocycles. The van der Waals surface area contributed by atoms with E-state index in [1.807, 2.05) is 32.9 Å². The minimum absolute atomic E-state index is 0.0198. The van der Waals surface area contributed by atoms with E-state index in [0.29, 0.717) is 20.8 Å². The Morgan fingerprint density at radius 1 is 1.14 bits per heavy atom. The summed E-state index contributed by atoms with van der Waals surface area (Å²) >= 11 is 1.28. The van der Waals surface area contributed by atoms with Crippen molar-refractivity contribution in [2.75, 3.05) is 0 Å². The standard InChI is InChI=1S/C23H25N3O2S/c1-7-25-15(6)17(16-10-8-9-13(4)20(16)25)11-18-21(27)26-22(28)19(12(2)3)14(5)24-23(26)29-18/h8-12H,7H2,1-6H3/b18-11-. The Morgan fingerprint density at radius 3 is 2.52 bits per heavy atom. The molecular weight excluding hydrogens is 382 g/mol. The molecule has 0 aliphatic carbocycles. The minimum atomic E-state index is -0.283. The number of hydrogen-bond acceptors (Lipinski definition) is 4. The minimum Gasteiger partial charge on any atom is -0.344 e. The summed E-state index contributed by atoms with van der Waals surface area (Å²) in [5.41, 5.74) is 5.34. The van der Waals surface area contributed by atoms with E-state index in [-0.39, 0.29) is 17.0 Å². The average molecular weight is 408 g/mol. The van der Waals surface area contributed by atoms with Crippen LogP contribution in [0.25, 0.3) is 21.9 Å². The Kier molecular flexibility index (Phi) is 4.69. The maximum absolute atomic E-state index is 13.1. The van der Waals surface area contributed by atoms with E-state index in [9.17, 15) is 9.59 Å². The molecule has 4 aromatic rings. The van der Waals surface area contributed by atoms with Crippen molar-refractivity contribution in [3.8, 4) is 0 Å². The summed E-state index contributed by atoms with van der Waals surface area (Å²) in [6.07, 6.45) is 1.93. The zero-order valence-corrected chi connectivity index (χ0v) is 18.5. The lowest BCUT2D eigenvalue weighted by Gasteiger charge is -2.07. The fourth-order valence-corrected chi connectivity index (χ4v) is 5.31. The normalized spacial score (nSPS) is 12.7. The van der Waals surface area contributed by atoms with Crippen LogP contribution in [0.15, 0.2) is 27.8 Å². The Hall–Kier alpha value is -2.73. The lowest BCUT2D eigenvalue weighted by atomic mass is 10.0. The van der Waals surface area contributed by atoms with Gasteiger partial charge in [-0.3, -0.25) is 9.59 Å². The molecular formula is C23H25N3O2S. The van der Waals surface area contributed by atoms with Crippen LogP contribution >= 0.6 is 11.3 Å². The quantitative estimate of drug-likeness (QED) is 0.520. The number of aromatic nitrogens is 3. The van der Waals surface area contributed by atoms with Crippen LogP contribution in [-0.4, -0.2) is 14.0 Å². The van der Waals surface area contributed by atoms with Gasteiger partial charge >= 0.3 is 0 Å². The van der Waals surface area contributed by atoms with Gasteiger partial charge in [0.2, 0.25) is 4.96 Å². The van der Waals surface area contributed by atoms with Gasteiger partial charge in [0, 0.05) is 34.4 Å². The third kappa shape index (κ3) is 2.85. The average Bonchev–Trinajstić information content (AvgIpc) is 3.10. The number of nitrogens with zero attached hydrogens (tertiary/aromatic N) is 3. The van der Waals surface area contributed by atoms with Crippen LogP contribution in [0.5, 0.6) is 0 Å². The van der Waals surface area contributed by atoms with Gasteiger partial charge in [-0.25, -0.2) is 9.38 Å². The highest BCUT2D eigenvalue weighted by Crippen LogP contribution is 2.29. The highest BCUT2D eigenvalue weighted by Gasteiger charge is 2.18. The van der Waals surface area contributed by atoms with Gasteiger partial charge in [-0.2, -0.15) is 0 Å². The van der Waals surface area contributed by atoms with Gasteiger partial charge in [0.1, 0.15) is 0 Å². The lowest BCUT2D eigenvalue weighted by molar-refractivity contribution is 0.767. The first-order chi connectivity index (χ1) is 13.8. The summed E-state index contributed by atoms with van der Waals surface area (Å²) < 4.78 is 4.05. The molecule has 29 heavy (non-hydrogen) atoms. The maximum Gasteiger partial charge on any atom is 0.277 e. The Morgan fingerprint density at radius 2 is 1.86 bits per heavy atom. The van der Waals surface area contributed by atoms with Crippen LogP contribution in [0, 0.1) is 20.8 Å². The summed E-state index contributed by atoms with van der Waals surface area (Å²) in [5.74, 6) is 0.0198. The number of hydrogen-bond donors (Lipinski definition) is 0. The highest BCUT2D eigenvalue weighted by molar-refractivity contribution is 7.15. The van der Waals surface area contributed by atoms with Crippen molar-refractivity contribution in [3.63, 3.8) is 0 Å². The first-order valence-corrected chi connectivity index (χ1v) is 10.7. The van der Waals surface area contributed by atoms with Gasteiger partial charge in [0.15, 0.2) is 0 Å². The molecule has 3 aromatic heterocycles. The van der Waals surface area contributed by atoms with E-state index in [2.05, 4.69) is 42.5 Å². The van der Waals surface area contributed by atoms with Crippen molar-refractivity contribution in [3.05, 3.63) is 71.5 Å². The van der Waals surface area contributed by atoms with Crippen LogP contribution in [0.4, 0.5) is 0 Å². The van der Waals surface area contributed by atoms with Crippen LogP contribution < -0.4 is 15.7 Å². The van der Waals surface area contributed by atoms with Gasteiger partial charge in [0.25, 0.3) is 11.1 Å². The zero-order chi connectivity index (χ0) is 21.0. The van der Waals surface area contributed by atoms with Crippen molar-refractivity contribution in [1.82, 2.24) is 14.0 Å². The van der Waals surface area contributed by atoms with Crippen molar-refractivity contribution < 1.29 is 0 Å². The number of fused-ring (bicyclic) bond motifs is 2. The SMILES string of the molecule is CCn1c(C)c(/C=c2\sc3nc(C)c(C(C)C)c(=O)n3c2=O)c2cccc(C)c21. The molecule has 0 bridgehead atoms. The molecule has 1 aromatic carbocycles. The van der Waals surface area contributed by atoms with E-state index >= 15 is 0 Å². The van der Waals surface area contributed by atoms with Gasteiger partial charge in [-0.05, 0) is 45.3 Å². The van der Waals surface area contributed by atoms with Gasteiger partial charge in [-0.15, -0.1) is 0 Å². The highest BCUT2D eigenvalue weighted by atomic mass is 32.1. The van der Waals surface area contributed by atoms with Gasteiger partial charge < -0.3 is 4.57 Å². The zero-order valence-electron chi connectivity index (χ0n) is 17.7. The van der Waals surface area contributed by atoms with Crippen LogP contribution in [0.1, 0.15) is 54.8 Å². The van der Waals surface area contributed by atoms with Crippen LogP contribution in [0.2, 0.25) is 0 Å². The second-order valence-electron chi connectivity index (χ2n) is 7.82. The number of rotatable bonds is 3. The topological polar surface area (TPSA) is 56.4 Å². The summed E-state index contributed by atoms with van der Waals surface area (Å²) in [5, 5.41) is 1.13. The molecule has 0 aliphatic rings. The summed E-state index contributed by atoms with van der Waals surface area (Å²) in [4.78, 5) is 31.1. The monoisotopic (exact) mass is 407 g/mol. The van der Waals surface area contributed by atoms with Crippen molar-refractivity contribution in [2.45, 2.75) is 54.0 Å². The third-order valence-corrected chi connectivity index (χ3v) is 6.62. The maximum atomic E-state index is 13.1. The predicted octanol–water partition coefficient (Wildman–Crippen LogP) is 3.69. The van der Waals surface area contributed by atoms with Crippen molar-refractivity contribution in [1.29, 1.82) is 0 Å². The largest absolute Gasteiger partial charge is 0.344 e. The molecule has 4 rings (SSSR count). The summed E-state index contributed by atoms with van der Waals surface area (Å²) in [7, 11) is 0. The molecule has 0 aliphatic heterocycles. The second-order valence-corrected chi connectivity index (χ2v) is 8.83. The van der Waals surface area contributed by atoms with Crippen molar-refractivity contribution in [2.24, 2.45) is 0 Å². The molecule has 150 valence electrons. The molecule has 0 saturated heterocycles. The molecule has 0 radical (unpaired) electrons. The van der Waals surface area contributed by atoms with E-state index < -0.39 is 0 Å². The molecule has 0 atom stereocenters. The lowest BCUT2D eigenvalue weighted by Crippen LogP contribution is -2.33. The fourth-order valence-electron chi connectivity index (χ4n) is 4.32. The fraction of sp³-hybridized carbons (Fsp3) is 0.348. The van der Waals surface area contributed by atoms with Crippen molar-refractivity contribution >= 4 is 33.3 Å². The molecule has 6 heteroatoms. The van der Waals surface area contributed by atoms with Crippen LogP contribution in [0.3, 0.4) is 0 Å². The number of para-hydroxylation sites is 1. The van der Waals surface area contributed by atoms with E-state index in [1.165, 1.54) is 26.8 Å². The third-order valence-electron chi connectivity index (χ3n) is 5.65. The Balaban J connectivity index is 2.10. The molecule has 5 nitrogen and oxygen atoms in total. The van der Waals surface area contributed by atoms with E-state index in [1.54, 1.807) is 0 Å². The molecule has 0 unspecified atom stereocenters. The number of thiazole rings is 1. The number of aryl methyl sites for hydroxylation is 3. The molecule has 0 spiro atoms. The Bertz CT molecular complexity index is 1440.